The second-order valence-electron chi connectivity index (χ2n) is 5.37. The minimum Gasteiger partial charge on any atom is -0.385 e. The molecule has 0 unspecified atom stereocenters. The lowest BCUT2D eigenvalue weighted by Crippen LogP contribution is -2.14. The van der Waals surface area contributed by atoms with Gasteiger partial charge in [-0.25, -0.2) is 4.98 Å². The highest BCUT2D eigenvalue weighted by atomic mass is 32.1. The third-order valence-electron chi connectivity index (χ3n) is 3.98. The number of aromatic nitrogens is 1. The number of aryl methyl sites for hydroxylation is 1. The van der Waals surface area contributed by atoms with E-state index in [0.29, 0.717) is 0 Å². The number of fused-ring (bicyclic) bond motifs is 2. The Bertz CT molecular complexity index is 779. The molecule has 4 rings (SSSR count). The maximum absolute atomic E-state index is 4.32. The highest BCUT2D eigenvalue weighted by molar-refractivity contribution is 7.16. The summed E-state index contributed by atoms with van der Waals surface area (Å²) in [4.78, 5) is 4.32. The van der Waals surface area contributed by atoms with Crippen LogP contribution in [0.25, 0.3) is 10.2 Å². The molecular weight excluding hydrogens is 278 g/mol. The molecule has 3 nitrogen and oxygen atoms in total. The topological polar surface area (TPSA) is 37.0 Å². The van der Waals surface area contributed by atoms with Crippen LogP contribution in [0.5, 0.6) is 0 Å². The molecule has 2 N–H and O–H groups in total. The van der Waals surface area contributed by atoms with Gasteiger partial charge in [0.2, 0.25) is 0 Å². The first-order chi connectivity index (χ1) is 10.4. The summed E-state index contributed by atoms with van der Waals surface area (Å²) in [5.74, 6) is 0. The SMILES string of the molecule is c1cc2c(c(CNc3ccc4ncsc4c3)c1)NCCC2. The summed E-state index contributed by atoms with van der Waals surface area (Å²) in [6.45, 7) is 1.93. The van der Waals surface area contributed by atoms with E-state index in [1.54, 1.807) is 11.3 Å². The average molecular weight is 295 g/mol. The van der Waals surface area contributed by atoms with Crippen LogP contribution in [-0.4, -0.2) is 11.5 Å². The second-order valence-corrected chi connectivity index (χ2v) is 6.26. The van der Waals surface area contributed by atoms with E-state index in [1.165, 1.54) is 34.4 Å². The summed E-state index contributed by atoms with van der Waals surface area (Å²) in [5, 5.41) is 7.08. The molecule has 3 aromatic rings. The smallest absolute Gasteiger partial charge is 0.0813 e. The number of hydrogen-bond donors (Lipinski definition) is 2. The van der Waals surface area contributed by atoms with Gasteiger partial charge in [0.05, 0.1) is 15.7 Å². The highest BCUT2D eigenvalue weighted by Crippen LogP contribution is 2.27. The Kier molecular flexibility index (Phi) is 3.24. The van der Waals surface area contributed by atoms with Crippen LogP contribution in [0.2, 0.25) is 0 Å². The molecule has 106 valence electrons. The molecule has 21 heavy (non-hydrogen) atoms. The number of anilines is 2. The Labute approximate surface area is 128 Å². The fourth-order valence-corrected chi connectivity index (χ4v) is 3.61. The molecule has 0 saturated heterocycles. The van der Waals surface area contributed by atoms with Crippen molar-refractivity contribution in [3.63, 3.8) is 0 Å². The van der Waals surface area contributed by atoms with Gasteiger partial charge in [-0.3, -0.25) is 0 Å². The summed E-state index contributed by atoms with van der Waals surface area (Å²) in [7, 11) is 0. The first kappa shape index (κ1) is 12.7. The minimum absolute atomic E-state index is 0.848. The van der Waals surface area contributed by atoms with Crippen LogP contribution in [0.4, 0.5) is 11.4 Å². The molecule has 0 radical (unpaired) electrons. The summed E-state index contributed by atoms with van der Waals surface area (Å²) in [6, 6.07) is 13.0. The molecule has 0 atom stereocenters. The van der Waals surface area contributed by atoms with Crippen LogP contribution < -0.4 is 10.6 Å². The fourth-order valence-electron chi connectivity index (χ4n) is 2.89. The van der Waals surface area contributed by atoms with Crippen LogP contribution in [0.1, 0.15) is 17.5 Å². The van der Waals surface area contributed by atoms with Crippen molar-refractivity contribution in [1.29, 1.82) is 0 Å². The number of hydrogen-bond acceptors (Lipinski definition) is 4. The molecule has 2 aromatic carbocycles. The first-order valence-corrected chi connectivity index (χ1v) is 8.20. The molecule has 1 aliphatic heterocycles. The molecule has 0 amide bonds. The Morgan fingerprint density at radius 2 is 2.24 bits per heavy atom. The van der Waals surface area contributed by atoms with Crippen molar-refractivity contribution >= 4 is 32.9 Å². The van der Waals surface area contributed by atoms with Crippen molar-refractivity contribution in [1.82, 2.24) is 4.98 Å². The molecule has 4 heteroatoms. The Morgan fingerprint density at radius 1 is 1.24 bits per heavy atom. The van der Waals surface area contributed by atoms with Crippen molar-refractivity contribution in [3.8, 4) is 0 Å². The van der Waals surface area contributed by atoms with E-state index in [0.717, 1.165) is 24.3 Å². The number of thiazole rings is 1. The first-order valence-electron chi connectivity index (χ1n) is 7.32. The van der Waals surface area contributed by atoms with Crippen molar-refractivity contribution in [3.05, 3.63) is 53.0 Å². The van der Waals surface area contributed by atoms with Crippen molar-refractivity contribution in [2.75, 3.05) is 17.2 Å². The van der Waals surface area contributed by atoms with Crippen LogP contribution in [0, 0.1) is 0 Å². The zero-order valence-corrected chi connectivity index (χ0v) is 12.5. The summed E-state index contributed by atoms with van der Waals surface area (Å²) in [6.07, 6.45) is 2.41. The van der Waals surface area contributed by atoms with Gasteiger partial charge in [0.25, 0.3) is 0 Å². The second kappa shape index (κ2) is 5.37. The maximum Gasteiger partial charge on any atom is 0.0813 e. The van der Waals surface area contributed by atoms with Gasteiger partial charge in [0, 0.05) is 24.5 Å². The van der Waals surface area contributed by atoms with Gasteiger partial charge in [-0.2, -0.15) is 0 Å². The minimum atomic E-state index is 0.848. The zero-order chi connectivity index (χ0) is 14.1. The third kappa shape index (κ3) is 2.47. The molecular formula is C17H17N3S. The number of nitrogens with one attached hydrogen (secondary N) is 2. The van der Waals surface area contributed by atoms with Crippen LogP contribution in [-0.2, 0) is 13.0 Å². The Balaban J connectivity index is 1.56. The van der Waals surface area contributed by atoms with Crippen LogP contribution >= 0.6 is 11.3 Å². The van der Waals surface area contributed by atoms with E-state index < -0.39 is 0 Å². The van der Waals surface area contributed by atoms with Gasteiger partial charge in [-0.05, 0) is 42.2 Å². The number of rotatable bonds is 3. The predicted molar refractivity (Wildman–Crippen MR) is 90.2 cm³/mol. The van der Waals surface area contributed by atoms with Gasteiger partial charge < -0.3 is 10.6 Å². The van der Waals surface area contributed by atoms with Crippen LogP contribution in [0.3, 0.4) is 0 Å². The van der Waals surface area contributed by atoms with Crippen LogP contribution in [0.15, 0.2) is 41.9 Å². The van der Waals surface area contributed by atoms with E-state index in [1.807, 2.05) is 5.51 Å². The van der Waals surface area contributed by atoms with Gasteiger partial charge in [-0.15, -0.1) is 11.3 Å². The quantitative estimate of drug-likeness (QED) is 0.758. The lowest BCUT2D eigenvalue weighted by molar-refractivity contribution is 0.825. The van der Waals surface area contributed by atoms with Gasteiger partial charge in [0.1, 0.15) is 0 Å². The van der Waals surface area contributed by atoms with E-state index in [-0.39, 0.29) is 0 Å². The Morgan fingerprint density at radius 3 is 3.24 bits per heavy atom. The Hall–Kier alpha value is -2.07. The zero-order valence-electron chi connectivity index (χ0n) is 11.7. The lowest BCUT2D eigenvalue weighted by atomic mass is 9.99. The lowest BCUT2D eigenvalue weighted by Gasteiger charge is -2.21. The average Bonchev–Trinajstić information content (AvgIpc) is 3.00. The largest absolute Gasteiger partial charge is 0.385 e. The van der Waals surface area contributed by atoms with Crippen molar-refractivity contribution in [2.24, 2.45) is 0 Å². The summed E-state index contributed by atoms with van der Waals surface area (Å²) >= 11 is 1.68. The molecule has 0 aliphatic carbocycles. The maximum atomic E-state index is 4.32. The van der Waals surface area contributed by atoms with E-state index >= 15 is 0 Å². The van der Waals surface area contributed by atoms with Gasteiger partial charge >= 0.3 is 0 Å². The molecule has 0 bridgehead atoms. The summed E-state index contributed by atoms with van der Waals surface area (Å²) < 4.78 is 1.23. The van der Waals surface area contributed by atoms with Crippen molar-refractivity contribution < 1.29 is 0 Å². The molecule has 0 fully saturated rings. The molecule has 2 heterocycles. The van der Waals surface area contributed by atoms with Crippen molar-refractivity contribution in [2.45, 2.75) is 19.4 Å². The van der Waals surface area contributed by atoms with E-state index in [9.17, 15) is 0 Å². The number of benzene rings is 2. The number of nitrogens with zero attached hydrogens (tertiary/aromatic N) is 1. The van der Waals surface area contributed by atoms with E-state index in [4.69, 9.17) is 0 Å². The standard InChI is InChI=1S/C17H17N3S/c1-3-12-5-2-8-18-17(12)13(4-1)10-19-14-6-7-15-16(9-14)21-11-20-15/h1,3-4,6-7,9,11,18-19H,2,5,8,10H2. The monoisotopic (exact) mass is 295 g/mol. The highest BCUT2D eigenvalue weighted by Gasteiger charge is 2.11. The molecule has 0 saturated carbocycles. The molecule has 0 spiro atoms. The number of para-hydroxylation sites is 1. The molecule has 1 aromatic heterocycles. The normalized spacial score (nSPS) is 13.7. The third-order valence-corrected chi connectivity index (χ3v) is 4.77. The summed E-state index contributed by atoms with van der Waals surface area (Å²) in [5.41, 5.74) is 8.24. The van der Waals surface area contributed by atoms with Gasteiger partial charge in [0.15, 0.2) is 0 Å². The fraction of sp³-hybridized carbons (Fsp3) is 0.235. The molecule has 1 aliphatic rings. The predicted octanol–water partition coefficient (Wildman–Crippen LogP) is 4.27. The van der Waals surface area contributed by atoms with Gasteiger partial charge in [-0.1, -0.05) is 18.2 Å². The van der Waals surface area contributed by atoms with E-state index in [2.05, 4.69) is 52.0 Å².